The van der Waals surface area contributed by atoms with Crippen molar-refractivity contribution in [2.24, 2.45) is 16.7 Å². The average molecular weight is 338 g/mol. The van der Waals surface area contributed by atoms with Crippen LogP contribution in [0.2, 0.25) is 0 Å². The van der Waals surface area contributed by atoms with E-state index in [2.05, 4.69) is 20.8 Å². The van der Waals surface area contributed by atoms with Gasteiger partial charge in [-0.15, -0.1) is 0 Å². The van der Waals surface area contributed by atoms with E-state index in [-0.39, 0.29) is 34.9 Å². The fourth-order valence-corrected chi connectivity index (χ4v) is 5.49. The third kappa shape index (κ3) is 2.39. The molecule has 0 aromatic heterocycles. The van der Waals surface area contributed by atoms with Gasteiger partial charge in [0, 0.05) is 11.3 Å². The lowest BCUT2D eigenvalue weighted by molar-refractivity contribution is -0.164. The van der Waals surface area contributed by atoms with Crippen LogP contribution >= 0.6 is 0 Å². The van der Waals surface area contributed by atoms with Crippen LogP contribution < -0.4 is 0 Å². The van der Waals surface area contributed by atoms with E-state index in [1.165, 1.54) is 7.11 Å². The molecule has 5 heteroatoms. The summed E-state index contributed by atoms with van der Waals surface area (Å²) in [5, 5.41) is 0. The molecule has 1 aliphatic heterocycles. The van der Waals surface area contributed by atoms with E-state index in [9.17, 15) is 4.79 Å². The number of hydrogen-bond donors (Lipinski definition) is 0. The van der Waals surface area contributed by atoms with Crippen molar-refractivity contribution in [3.63, 3.8) is 0 Å². The lowest BCUT2D eigenvalue weighted by Gasteiger charge is -2.56. The van der Waals surface area contributed by atoms with Gasteiger partial charge in [0.25, 0.3) is 0 Å². The van der Waals surface area contributed by atoms with Gasteiger partial charge in [0.2, 0.25) is 0 Å². The summed E-state index contributed by atoms with van der Waals surface area (Å²) in [5.74, 6) is -0.268. The van der Waals surface area contributed by atoms with Gasteiger partial charge in [0.05, 0.1) is 25.9 Å². The summed E-state index contributed by atoms with van der Waals surface area (Å²) < 4.78 is 23.3. The molecule has 2 fully saturated rings. The fourth-order valence-electron chi connectivity index (χ4n) is 5.49. The highest BCUT2D eigenvalue weighted by Crippen LogP contribution is 2.62. The first-order valence-corrected chi connectivity index (χ1v) is 8.80. The topological polar surface area (TPSA) is 54.0 Å². The van der Waals surface area contributed by atoms with Crippen molar-refractivity contribution >= 4 is 5.97 Å². The molecule has 24 heavy (non-hydrogen) atoms. The number of carbonyl (C=O) groups excluding carboxylic acids is 1. The third-order valence-electron chi connectivity index (χ3n) is 6.19. The summed E-state index contributed by atoms with van der Waals surface area (Å²) in [6.07, 6.45) is 2.61. The van der Waals surface area contributed by atoms with Crippen LogP contribution in [0.25, 0.3) is 0 Å². The number of fused-ring (bicyclic) bond motifs is 3. The molecule has 0 aromatic rings. The van der Waals surface area contributed by atoms with Gasteiger partial charge < -0.3 is 18.9 Å². The molecule has 136 valence electrons. The predicted octanol–water partition coefficient (Wildman–Crippen LogP) is 3.43. The molecule has 1 saturated heterocycles. The molecule has 0 spiro atoms. The van der Waals surface area contributed by atoms with E-state index >= 15 is 0 Å². The summed E-state index contributed by atoms with van der Waals surface area (Å²) in [6, 6.07) is 0. The van der Waals surface area contributed by atoms with Crippen LogP contribution in [0.15, 0.2) is 11.3 Å². The maximum absolute atomic E-state index is 12.7. The van der Waals surface area contributed by atoms with Crippen molar-refractivity contribution in [1.82, 2.24) is 0 Å². The standard InChI is InChI=1S/C19H30O5/c1-17(2)9-8-10-19(5)11(16(20)22-7)12(21-6)13-14(15(17)19)24-18(3,4)23-13/h13-15H,8-10H2,1-7H3/t13-,14-,15-,19+/m0/s1. The van der Waals surface area contributed by atoms with Crippen LogP contribution in [-0.2, 0) is 23.7 Å². The van der Waals surface area contributed by atoms with E-state index in [4.69, 9.17) is 18.9 Å². The highest BCUT2D eigenvalue weighted by molar-refractivity contribution is 5.91. The normalized spacial score (nSPS) is 39.9. The first kappa shape index (κ1) is 17.7. The predicted molar refractivity (Wildman–Crippen MR) is 89.1 cm³/mol. The zero-order chi connectivity index (χ0) is 17.9. The molecule has 4 atom stereocenters. The van der Waals surface area contributed by atoms with Crippen LogP contribution in [0.5, 0.6) is 0 Å². The van der Waals surface area contributed by atoms with E-state index in [0.29, 0.717) is 11.3 Å². The molecule has 0 N–H and O–H groups in total. The molecular weight excluding hydrogens is 308 g/mol. The molecule has 0 amide bonds. The maximum Gasteiger partial charge on any atom is 0.337 e. The second-order valence-electron chi connectivity index (χ2n) is 8.69. The smallest absolute Gasteiger partial charge is 0.337 e. The molecule has 0 aromatic carbocycles. The fraction of sp³-hybridized carbons (Fsp3) is 0.842. The van der Waals surface area contributed by atoms with Gasteiger partial charge in [-0.05, 0) is 32.1 Å². The molecule has 0 bridgehead atoms. The maximum atomic E-state index is 12.7. The van der Waals surface area contributed by atoms with Gasteiger partial charge in [-0.1, -0.05) is 27.2 Å². The number of carbonyl (C=O) groups is 1. The lowest BCUT2D eigenvalue weighted by atomic mass is 9.49. The summed E-state index contributed by atoms with van der Waals surface area (Å²) in [4.78, 5) is 12.7. The third-order valence-corrected chi connectivity index (χ3v) is 6.19. The Balaban J connectivity index is 2.23. The minimum Gasteiger partial charge on any atom is -0.498 e. The number of ether oxygens (including phenoxy) is 4. The zero-order valence-electron chi connectivity index (χ0n) is 15.9. The van der Waals surface area contributed by atoms with E-state index in [1.807, 2.05) is 13.8 Å². The number of hydrogen-bond acceptors (Lipinski definition) is 5. The van der Waals surface area contributed by atoms with Crippen molar-refractivity contribution in [3.8, 4) is 0 Å². The largest absolute Gasteiger partial charge is 0.498 e. The molecule has 0 unspecified atom stereocenters. The minimum atomic E-state index is -0.695. The van der Waals surface area contributed by atoms with Crippen molar-refractivity contribution < 1.29 is 23.7 Å². The van der Waals surface area contributed by atoms with Gasteiger partial charge in [-0.3, -0.25) is 0 Å². The van der Waals surface area contributed by atoms with Crippen LogP contribution in [0, 0.1) is 16.7 Å². The SMILES string of the molecule is COC(=O)C1=C(OC)[C@@H]2OC(C)(C)O[C@@H]2[C@H]2C(C)(C)CCC[C@]12C. The Morgan fingerprint density at radius 3 is 2.33 bits per heavy atom. The van der Waals surface area contributed by atoms with Crippen molar-refractivity contribution in [2.45, 2.75) is 71.9 Å². The zero-order valence-corrected chi connectivity index (χ0v) is 15.9. The summed E-state index contributed by atoms with van der Waals surface area (Å²) in [7, 11) is 3.03. The van der Waals surface area contributed by atoms with E-state index < -0.39 is 5.79 Å². The quantitative estimate of drug-likeness (QED) is 0.722. The van der Waals surface area contributed by atoms with Crippen LogP contribution in [0.3, 0.4) is 0 Å². The Hall–Kier alpha value is -1.07. The highest BCUT2D eigenvalue weighted by Gasteiger charge is 2.64. The molecule has 3 rings (SSSR count). The number of rotatable bonds is 2. The Labute approximate surface area is 144 Å². The van der Waals surface area contributed by atoms with Gasteiger partial charge >= 0.3 is 5.97 Å². The molecule has 0 radical (unpaired) electrons. The molecule has 2 aliphatic carbocycles. The Morgan fingerprint density at radius 1 is 1.08 bits per heavy atom. The first-order chi connectivity index (χ1) is 11.1. The Kier molecular flexibility index (Phi) is 4.04. The molecule has 1 heterocycles. The molecule has 5 nitrogen and oxygen atoms in total. The summed E-state index contributed by atoms with van der Waals surface area (Å²) >= 11 is 0. The van der Waals surface area contributed by atoms with Crippen molar-refractivity contribution in [2.75, 3.05) is 14.2 Å². The lowest BCUT2D eigenvalue weighted by Crippen LogP contribution is -2.57. The second-order valence-corrected chi connectivity index (χ2v) is 8.69. The monoisotopic (exact) mass is 338 g/mol. The Bertz CT molecular complexity index is 576. The highest BCUT2D eigenvalue weighted by atomic mass is 16.8. The van der Waals surface area contributed by atoms with E-state index in [0.717, 1.165) is 19.3 Å². The number of methoxy groups -OCH3 is 2. The van der Waals surface area contributed by atoms with Crippen molar-refractivity contribution in [1.29, 1.82) is 0 Å². The van der Waals surface area contributed by atoms with Crippen LogP contribution in [0.4, 0.5) is 0 Å². The Morgan fingerprint density at radius 2 is 1.75 bits per heavy atom. The molecule has 1 saturated carbocycles. The van der Waals surface area contributed by atoms with Crippen molar-refractivity contribution in [3.05, 3.63) is 11.3 Å². The second kappa shape index (κ2) is 5.46. The summed E-state index contributed by atoms with van der Waals surface area (Å²) in [6.45, 7) is 10.5. The van der Waals surface area contributed by atoms with E-state index in [1.54, 1.807) is 7.11 Å². The van der Waals surface area contributed by atoms with Gasteiger partial charge in [-0.25, -0.2) is 4.79 Å². The minimum absolute atomic E-state index is 0.0399. The van der Waals surface area contributed by atoms with Gasteiger partial charge in [0.1, 0.15) is 11.9 Å². The summed E-state index contributed by atoms with van der Waals surface area (Å²) in [5.41, 5.74) is 0.330. The van der Waals surface area contributed by atoms with Gasteiger partial charge in [-0.2, -0.15) is 0 Å². The molecule has 3 aliphatic rings. The average Bonchev–Trinajstić information content (AvgIpc) is 2.77. The van der Waals surface area contributed by atoms with Crippen LogP contribution in [0.1, 0.15) is 53.9 Å². The first-order valence-electron chi connectivity index (χ1n) is 8.80. The van der Waals surface area contributed by atoms with Crippen LogP contribution in [-0.4, -0.2) is 38.2 Å². The number of esters is 1. The molecular formula is C19H30O5. The van der Waals surface area contributed by atoms with Gasteiger partial charge in [0.15, 0.2) is 5.79 Å².